The van der Waals surface area contributed by atoms with Crippen molar-refractivity contribution < 1.29 is 29.0 Å². The molecule has 3 aliphatic heterocycles. The van der Waals surface area contributed by atoms with Crippen molar-refractivity contribution in [2.75, 3.05) is 13.2 Å². The highest BCUT2D eigenvalue weighted by atomic mass is 16.7. The molecule has 20 heavy (non-hydrogen) atoms. The maximum absolute atomic E-state index is 12.0. The highest BCUT2D eigenvalue weighted by Crippen LogP contribution is 2.46. The number of amides is 1. The van der Waals surface area contributed by atoms with Crippen LogP contribution in [0.1, 0.15) is 13.3 Å². The van der Waals surface area contributed by atoms with E-state index in [1.165, 1.54) is 11.8 Å². The number of carbonyl (C=O) groups is 3. The number of ether oxygens (including phenoxy) is 2. The van der Waals surface area contributed by atoms with Crippen LogP contribution in [0.5, 0.6) is 0 Å². The zero-order chi connectivity index (χ0) is 14.4. The van der Waals surface area contributed by atoms with Crippen LogP contribution in [0.4, 0.5) is 4.79 Å². The molecule has 0 radical (unpaired) electrons. The van der Waals surface area contributed by atoms with E-state index >= 15 is 0 Å². The number of carbonyl (C=O) groups excluding carboxylic acids is 2. The Kier molecular flexibility index (Phi) is 2.89. The molecule has 2 fully saturated rings. The predicted octanol–water partition coefficient (Wildman–Crippen LogP) is -0.342. The SMILES string of the molecule is CC(=O)OCC1=C(OC(=O)O)N2C(=O)[C@H]3NCCC1[C@H]32. The first kappa shape index (κ1) is 12.9. The fraction of sp³-hybridized carbons (Fsp3) is 0.583. The molecule has 3 rings (SSSR count). The Hall–Kier alpha value is -2.09. The summed E-state index contributed by atoms with van der Waals surface area (Å²) < 4.78 is 9.71. The van der Waals surface area contributed by atoms with Crippen LogP contribution in [0.15, 0.2) is 11.5 Å². The largest absolute Gasteiger partial charge is 0.512 e. The van der Waals surface area contributed by atoms with E-state index in [4.69, 9.17) is 14.6 Å². The van der Waals surface area contributed by atoms with Crippen molar-refractivity contribution in [2.45, 2.75) is 25.4 Å². The van der Waals surface area contributed by atoms with Gasteiger partial charge in [0.25, 0.3) is 0 Å². The monoisotopic (exact) mass is 282 g/mol. The summed E-state index contributed by atoms with van der Waals surface area (Å²) in [6.07, 6.45) is -0.739. The molecule has 0 aromatic carbocycles. The van der Waals surface area contributed by atoms with Gasteiger partial charge in [-0.1, -0.05) is 0 Å². The third-order valence-electron chi connectivity index (χ3n) is 3.93. The van der Waals surface area contributed by atoms with Gasteiger partial charge >= 0.3 is 12.1 Å². The van der Waals surface area contributed by atoms with Gasteiger partial charge in [0.2, 0.25) is 11.8 Å². The Labute approximate surface area is 114 Å². The molecule has 108 valence electrons. The quantitative estimate of drug-likeness (QED) is 0.538. The Morgan fingerprint density at radius 1 is 1.50 bits per heavy atom. The van der Waals surface area contributed by atoms with Crippen LogP contribution in [0.25, 0.3) is 0 Å². The van der Waals surface area contributed by atoms with Gasteiger partial charge in [-0.15, -0.1) is 0 Å². The Morgan fingerprint density at radius 3 is 2.90 bits per heavy atom. The number of esters is 1. The fourth-order valence-electron chi connectivity index (χ4n) is 3.17. The van der Waals surface area contributed by atoms with E-state index in [0.717, 1.165) is 6.42 Å². The molecule has 3 aliphatic rings. The maximum atomic E-state index is 12.0. The zero-order valence-electron chi connectivity index (χ0n) is 10.8. The van der Waals surface area contributed by atoms with Crippen LogP contribution in [0.2, 0.25) is 0 Å². The van der Waals surface area contributed by atoms with Gasteiger partial charge in [0.15, 0.2) is 0 Å². The van der Waals surface area contributed by atoms with E-state index in [0.29, 0.717) is 12.1 Å². The van der Waals surface area contributed by atoms with E-state index < -0.39 is 12.1 Å². The summed E-state index contributed by atoms with van der Waals surface area (Å²) in [6.45, 7) is 1.89. The summed E-state index contributed by atoms with van der Waals surface area (Å²) in [7, 11) is 0. The van der Waals surface area contributed by atoms with Crippen LogP contribution in [-0.4, -0.2) is 53.3 Å². The van der Waals surface area contributed by atoms with E-state index in [1.54, 1.807) is 0 Å². The molecule has 0 aromatic rings. The third-order valence-corrected chi connectivity index (χ3v) is 3.93. The van der Waals surface area contributed by atoms with Crippen molar-refractivity contribution in [1.82, 2.24) is 10.2 Å². The molecule has 8 nitrogen and oxygen atoms in total. The number of hydrogen-bond acceptors (Lipinski definition) is 6. The van der Waals surface area contributed by atoms with Crippen LogP contribution in [-0.2, 0) is 19.1 Å². The minimum absolute atomic E-state index is 0.0127. The summed E-state index contributed by atoms with van der Waals surface area (Å²) in [5, 5.41) is 11.9. The first-order valence-electron chi connectivity index (χ1n) is 6.34. The zero-order valence-corrected chi connectivity index (χ0v) is 10.8. The molecule has 0 bridgehead atoms. The highest BCUT2D eigenvalue weighted by Gasteiger charge is 2.61. The lowest BCUT2D eigenvalue weighted by Gasteiger charge is -2.48. The fourth-order valence-corrected chi connectivity index (χ4v) is 3.17. The summed E-state index contributed by atoms with van der Waals surface area (Å²) in [5.41, 5.74) is 0.574. The molecule has 8 heteroatoms. The lowest BCUT2D eigenvalue weighted by molar-refractivity contribution is -0.152. The summed E-state index contributed by atoms with van der Waals surface area (Å²) in [6, 6.07) is -0.424. The molecule has 3 atom stereocenters. The lowest BCUT2D eigenvalue weighted by atomic mass is 9.79. The van der Waals surface area contributed by atoms with Gasteiger partial charge in [-0.2, -0.15) is 0 Å². The second-order valence-corrected chi connectivity index (χ2v) is 5.00. The van der Waals surface area contributed by atoms with Crippen LogP contribution >= 0.6 is 0 Å². The predicted molar refractivity (Wildman–Crippen MR) is 63.3 cm³/mol. The number of carboxylic acid groups (broad SMARTS) is 1. The van der Waals surface area contributed by atoms with Gasteiger partial charge in [-0.25, -0.2) is 4.79 Å². The van der Waals surface area contributed by atoms with Gasteiger partial charge in [-0.3, -0.25) is 14.5 Å². The van der Waals surface area contributed by atoms with Crippen molar-refractivity contribution in [3.8, 4) is 0 Å². The van der Waals surface area contributed by atoms with Crippen LogP contribution in [0.3, 0.4) is 0 Å². The minimum atomic E-state index is -1.48. The van der Waals surface area contributed by atoms with Crippen molar-refractivity contribution in [3.05, 3.63) is 11.5 Å². The maximum Gasteiger partial charge on any atom is 0.512 e. The Bertz CT molecular complexity index is 528. The summed E-state index contributed by atoms with van der Waals surface area (Å²) in [4.78, 5) is 35.1. The second-order valence-electron chi connectivity index (χ2n) is 5.00. The van der Waals surface area contributed by atoms with E-state index in [-0.39, 0.29) is 36.4 Å². The van der Waals surface area contributed by atoms with Gasteiger partial charge in [0.05, 0.1) is 6.04 Å². The second kappa shape index (κ2) is 4.48. The molecule has 0 aromatic heterocycles. The van der Waals surface area contributed by atoms with Gasteiger partial charge in [-0.05, 0) is 13.0 Å². The first-order chi connectivity index (χ1) is 9.50. The lowest BCUT2D eigenvalue weighted by Crippen LogP contribution is -2.71. The minimum Gasteiger partial charge on any atom is -0.461 e. The molecule has 1 unspecified atom stereocenters. The average molecular weight is 282 g/mol. The highest BCUT2D eigenvalue weighted by molar-refractivity contribution is 5.93. The van der Waals surface area contributed by atoms with E-state index in [9.17, 15) is 14.4 Å². The summed E-state index contributed by atoms with van der Waals surface area (Å²) in [5.74, 6) is -0.668. The molecular weight excluding hydrogens is 268 g/mol. The van der Waals surface area contributed by atoms with Gasteiger partial charge in [0, 0.05) is 18.4 Å². The topological polar surface area (TPSA) is 105 Å². The molecule has 2 N–H and O–H groups in total. The van der Waals surface area contributed by atoms with Crippen LogP contribution < -0.4 is 5.32 Å². The first-order valence-corrected chi connectivity index (χ1v) is 6.34. The molecule has 3 heterocycles. The van der Waals surface area contributed by atoms with Crippen molar-refractivity contribution in [2.24, 2.45) is 5.92 Å². The Balaban J connectivity index is 1.91. The van der Waals surface area contributed by atoms with Crippen molar-refractivity contribution in [1.29, 1.82) is 0 Å². The van der Waals surface area contributed by atoms with Crippen molar-refractivity contribution >= 4 is 18.0 Å². The number of rotatable bonds is 3. The molecule has 0 spiro atoms. The van der Waals surface area contributed by atoms with Crippen molar-refractivity contribution in [3.63, 3.8) is 0 Å². The number of nitrogens with one attached hydrogen (secondary N) is 1. The molecular formula is C12H14N2O6. The Morgan fingerprint density at radius 2 is 2.25 bits per heavy atom. The standard InChI is InChI=1S/C12H14N2O6/c1-5(15)19-4-7-6-2-3-13-8-9(6)14(10(8)16)11(7)20-12(17)18/h6,8-9,13H,2-4H2,1H3,(H,17,18)/t6?,8-,9+/m0/s1. The normalized spacial score (nSPS) is 30.8. The van der Waals surface area contributed by atoms with Gasteiger partial charge < -0.3 is 19.9 Å². The molecule has 2 saturated heterocycles. The molecule has 0 aliphatic carbocycles. The molecule has 0 saturated carbocycles. The molecule has 1 amide bonds. The number of piperidine rings is 1. The number of nitrogens with zero attached hydrogens (tertiary/aromatic N) is 1. The number of β-lactam (4-membered cyclic amide) rings is 1. The van der Waals surface area contributed by atoms with E-state index in [1.807, 2.05) is 0 Å². The van der Waals surface area contributed by atoms with Gasteiger partial charge in [0.1, 0.15) is 12.6 Å². The smallest absolute Gasteiger partial charge is 0.461 e. The van der Waals surface area contributed by atoms with E-state index in [2.05, 4.69) is 5.32 Å². The number of hydrogen-bond donors (Lipinski definition) is 2. The van der Waals surface area contributed by atoms with Crippen LogP contribution in [0, 0.1) is 5.92 Å². The average Bonchev–Trinajstić information content (AvgIpc) is 2.66. The summed E-state index contributed by atoms with van der Waals surface area (Å²) >= 11 is 0. The third kappa shape index (κ3) is 1.75.